The molecule has 1 unspecified atom stereocenters. The number of hydrogen-bond acceptors (Lipinski definition) is 3. The monoisotopic (exact) mass is 244 g/mol. The van der Waals surface area contributed by atoms with Crippen molar-refractivity contribution in [2.45, 2.75) is 13.0 Å². The average molecular weight is 244 g/mol. The quantitative estimate of drug-likeness (QED) is 0.760. The molecule has 1 aromatic carbocycles. The third kappa shape index (κ3) is 2.20. The summed E-state index contributed by atoms with van der Waals surface area (Å²) >= 11 is 1.22. The predicted molar refractivity (Wildman–Crippen MR) is 69.2 cm³/mol. The third-order valence-corrected chi connectivity index (χ3v) is 3.33. The van der Waals surface area contributed by atoms with Crippen molar-refractivity contribution in [3.05, 3.63) is 41.6 Å². The van der Waals surface area contributed by atoms with Crippen LogP contribution in [-0.2, 0) is 0 Å². The largest absolute Gasteiger partial charge is 0.289 e. The highest BCUT2D eigenvalue weighted by molar-refractivity contribution is 8.13. The van der Waals surface area contributed by atoms with E-state index in [0.717, 1.165) is 11.1 Å². The number of carbonyl (C=O) groups is 1. The molecule has 0 saturated heterocycles. The smallest absolute Gasteiger partial charge is 0.286 e. The van der Waals surface area contributed by atoms with Gasteiger partial charge in [-0.15, -0.1) is 0 Å². The molecule has 2 rings (SSSR count). The molecule has 0 spiro atoms. The normalized spacial score (nSPS) is 17.4. The molecular formula is C13H12N2OS. The van der Waals surface area contributed by atoms with Crippen LogP contribution in [0.5, 0.6) is 0 Å². The maximum Gasteiger partial charge on any atom is 0.286 e. The third-order valence-electron chi connectivity index (χ3n) is 2.58. The topological polar surface area (TPSA) is 44.1 Å². The number of carbonyl (C=O) groups excluding carboxylic acids is 1. The average Bonchev–Trinajstić information content (AvgIpc) is 2.37. The van der Waals surface area contributed by atoms with Gasteiger partial charge < -0.3 is 0 Å². The van der Waals surface area contributed by atoms with Crippen molar-refractivity contribution in [2.24, 2.45) is 0 Å². The van der Waals surface area contributed by atoms with Crippen LogP contribution in [0, 0.1) is 11.3 Å². The molecule has 86 valence electrons. The summed E-state index contributed by atoms with van der Waals surface area (Å²) in [5.41, 5.74) is 1.90. The van der Waals surface area contributed by atoms with E-state index in [2.05, 4.69) is 6.07 Å². The fourth-order valence-electron chi connectivity index (χ4n) is 1.80. The molecule has 1 atom stereocenters. The Morgan fingerprint density at radius 3 is 3.00 bits per heavy atom. The summed E-state index contributed by atoms with van der Waals surface area (Å²) in [5, 5.41) is 9.16. The Morgan fingerprint density at radius 2 is 2.29 bits per heavy atom. The number of nitriles is 1. The number of hydrogen-bond donors (Lipinski definition) is 0. The van der Waals surface area contributed by atoms with Crippen LogP contribution in [-0.4, -0.2) is 15.9 Å². The summed E-state index contributed by atoms with van der Waals surface area (Å²) in [6.45, 7) is 1.92. The fourth-order valence-corrected chi connectivity index (χ4v) is 2.37. The van der Waals surface area contributed by atoms with E-state index in [1.54, 1.807) is 6.20 Å². The molecule has 0 N–H and O–H groups in total. The molecule has 0 aromatic heterocycles. The number of rotatable bonds is 1. The van der Waals surface area contributed by atoms with Crippen molar-refractivity contribution in [1.29, 1.82) is 5.26 Å². The Balaban J connectivity index is 2.36. The number of fused-ring (bicyclic) bond motifs is 1. The van der Waals surface area contributed by atoms with Crippen molar-refractivity contribution in [2.75, 3.05) is 5.75 Å². The first-order chi connectivity index (χ1) is 8.27. The lowest BCUT2D eigenvalue weighted by Gasteiger charge is -2.27. The molecule has 1 aromatic rings. The van der Waals surface area contributed by atoms with E-state index in [-0.39, 0.29) is 5.24 Å². The molecule has 1 heterocycles. The molecule has 0 fully saturated rings. The minimum atomic E-state index is -0.511. The Hall–Kier alpha value is -1.73. The zero-order valence-electron chi connectivity index (χ0n) is 9.46. The maximum absolute atomic E-state index is 11.9. The van der Waals surface area contributed by atoms with Gasteiger partial charge in [-0.1, -0.05) is 43.0 Å². The summed E-state index contributed by atoms with van der Waals surface area (Å²) < 4.78 is 0. The van der Waals surface area contributed by atoms with E-state index in [0.29, 0.717) is 5.75 Å². The van der Waals surface area contributed by atoms with E-state index in [9.17, 15) is 10.1 Å². The van der Waals surface area contributed by atoms with Crippen LogP contribution in [0.15, 0.2) is 30.5 Å². The van der Waals surface area contributed by atoms with Gasteiger partial charge in [0.05, 0.1) is 6.07 Å². The first-order valence-corrected chi connectivity index (χ1v) is 6.38. The molecular weight excluding hydrogens is 232 g/mol. The van der Waals surface area contributed by atoms with Gasteiger partial charge in [-0.2, -0.15) is 5.26 Å². The zero-order chi connectivity index (χ0) is 12.3. The molecule has 1 aliphatic rings. The van der Waals surface area contributed by atoms with Gasteiger partial charge in [0.1, 0.15) is 6.04 Å². The van der Waals surface area contributed by atoms with Crippen LogP contribution in [0.1, 0.15) is 24.1 Å². The van der Waals surface area contributed by atoms with E-state index >= 15 is 0 Å². The predicted octanol–water partition coefficient (Wildman–Crippen LogP) is 3.41. The summed E-state index contributed by atoms with van der Waals surface area (Å²) in [4.78, 5) is 13.4. The van der Waals surface area contributed by atoms with Crippen LogP contribution in [0.2, 0.25) is 0 Å². The summed E-state index contributed by atoms with van der Waals surface area (Å²) in [6, 6.07) is 9.33. The Kier molecular flexibility index (Phi) is 3.50. The highest BCUT2D eigenvalue weighted by Gasteiger charge is 2.27. The van der Waals surface area contributed by atoms with Gasteiger partial charge in [0.15, 0.2) is 0 Å². The van der Waals surface area contributed by atoms with Gasteiger partial charge in [0, 0.05) is 6.20 Å². The first-order valence-electron chi connectivity index (χ1n) is 5.39. The van der Waals surface area contributed by atoms with Crippen molar-refractivity contribution < 1.29 is 4.79 Å². The van der Waals surface area contributed by atoms with E-state index in [4.69, 9.17) is 0 Å². The summed E-state index contributed by atoms with van der Waals surface area (Å²) in [7, 11) is 0. The molecule has 0 bridgehead atoms. The molecule has 4 heteroatoms. The Bertz CT molecular complexity index is 504. The van der Waals surface area contributed by atoms with E-state index in [1.165, 1.54) is 16.7 Å². The zero-order valence-corrected chi connectivity index (χ0v) is 10.3. The second-order valence-electron chi connectivity index (χ2n) is 3.58. The van der Waals surface area contributed by atoms with Gasteiger partial charge in [-0.25, -0.2) is 0 Å². The maximum atomic E-state index is 11.9. The van der Waals surface area contributed by atoms with Gasteiger partial charge in [-0.3, -0.25) is 9.69 Å². The second kappa shape index (κ2) is 5.07. The van der Waals surface area contributed by atoms with E-state index < -0.39 is 6.04 Å². The molecule has 0 aliphatic carbocycles. The lowest BCUT2D eigenvalue weighted by atomic mass is 9.98. The highest BCUT2D eigenvalue weighted by Crippen LogP contribution is 2.31. The lowest BCUT2D eigenvalue weighted by Crippen LogP contribution is -2.28. The molecule has 0 saturated carbocycles. The van der Waals surface area contributed by atoms with Crippen LogP contribution >= 0.6 is 11.8 Å². The fraction of sp³-hybridized carbons (Fsp3) is 0.231. The lowest BCUT2D eigenvalue weighted by molar-refractivity contribution is 0.233. The van der Waals surface area contributed by atoms with E-state index in [1.807, 2.05) is 37.3 Å². The number of nitrogens with zero attached hydrogens (tertiary/aromatic N) is 2. The van der Waals surface area contributed by atoms with Gasteiger partial charge in [0.25, 0.3) is 5.24 Å². The SMILES string of the molecule is CCSC(=O)N1C=Cc2ccccc2C1C#N. The van der Waals surface area contributed by atoms with Crippen LogP contribution < -0.4 is 0 Å². The first kappa shape index (κ1) is 11.7. The number of thioether (sulfide) groups is 1. The molecule has 3 nitrogen and oxygen atoms in total. The van der Waals surface area contributed by atoms with Gasteiger partial charge >= 0.3 is 0 Å². The van der Waals surface area contributed by atoms with Crippen LogP contribution in [0.25, 0.3) is 6.08 Å². The highest BCUT2D eigenvalue weighted by atomic mass is 32.2. The Morgan fingerprint density at radius 1 is 1.53 bits per heavy atom. The molecule has 0 radical (unpaired) electrons. The molecule has 1 aliphatic heterocycles. The van der Waals surface area contributed by atoms with Crippen molar-refractivity contribution >= 4 is 23.1 Å². The van der Waals surface area contributed by atoms with Crippen LogP contribution in [0.4, 0.5) is 4.79 Å². The molecule has 1 amide bonds. The van der Waals surface area contributed by atoms with Gasteiger partial charge in [0.2, 0.25) is 0 Å². The minimum Gasteiger partial charge on any atom is -0.289 e. The standard InChI is InChI=1S/C13H12N2OS/c1-2-17-13(16)15-8-7-10-5-3-4-6-11(10)12(15)9-14/h3-8,12H,2H2,1H3. The van der Waals surface area contributed by atoms with Crippen molar-refractivity contribution in [1.82, 2.24) is 4.90 Å². The number of amides is 1. The van der Waals surface area contributed by atoms with Crippen LogP contribution in [0.3, 0.4) is 0 Å². The summed E-state index contributed by atoms with van der Waals surface area (Å²) in [6.07, 6.45) is 3.57. The second-order valence-corrected chi connectivity index (χ2v) is 4.80. The van der Waals surface area contributed by atoms with Crippen molar-refractivity contribution in [3.63, 3.8) is 0 Å². The minimum absolute atomic E-state index is 0.0789. The van der Waals surface area contributed by atoms with Gasteiger partial charge in [-0.05, 0) is 23.0 Å². The van der Waals surface area contributed by atoms with Crippen molar-refractivity contribution in [3.8, 4) is 6.07 Å². The number of benzene rings is 1. The molecule has 17 heavy (non-hydrogen) atoms. The summed E-state index contributed by atoms with van der Waals surface area (Å²) in [5.74, 6) is 0.711. The Labute approximate surface area is 105 Å².